The van der Waals surface area contributed by atoms with Crippen molar-refractivity contribution in [1.82, 2.24) is 9.88 Å². The lowest BCUT2D eigenvalue weighted by atomic mass is 10.2. The van der Waals surface area contributed by atoms with Gasteiger partial charge in [-0.2, -0.15) is 11.8 Å². The number of hydrogen-bond donors (Lipinski definition) is 2. The quantitative estimate of drug-likeness (QED) is 0.863. The highest BCUT2D eigenvalue weighted by Gasteiger charge is 2.17. The summed E-state index contributed by atoms with van der Waals surface area (Å²) in [7, 11) is 1.65. The van der Waals surface area contributed by atoms with Gasteiger partial charge in [-0.1, -0.05) is 0 Å². The molecule has 0 aliphatic carbocycles. The van der Waals surface area contributed by atoms with E-state index in [0.29, 0.717) is 16.6 Å². The van der Waals surface area contributed by atoms with Crippen LogP contribution >= 0.6 is 27.7 Å². The van der Waals surface area contributed by atoms with Gasteiger partial charge in [0.15, 0.2) is 0 Å². The number of nitrogens with one attached hydrogen (secondary N) is 2. The van der Waals surface area contributed by atoms with Crippen LogP contribution in [0.4, 0.5) is 5.69 Å². The number of pyridine rings is 1. The van der Waals surface area contributed by atoms with Gasteiger partial charge in [-0.15, -0.1) is 0 Å². The zero-order chi connectivity index (χ0) is 13.8. The third-order valence-corrected chi connectivity index (χ3v) is 4.55. The Kier molecular flexibility index (Phi) is 5.06. The van der Waals surface area contributed by atoms with E-state index in [1.807, 2.05) is 11.8 Å². The SMILES string of the molecule is Cn1cc(NC(=O)CC2CSCCN2)cc(Br)c1=O. The molecule has 0 bridgehead atoms. The summed E-state index contributed by atoms with van der Waals surface area (Å²) in [5, 5.41) is 6.14. The third-order valence-electron chi connectivity index (χ3n) is 2.85. The molecule has 1 saturated heterocycles. The molecule has 5 nitrogen and oxygen atoms in total. The summed E-state index contributed by atoms with van der Waals surface area (Å²) in [6.45, 7) is 0.952. The summed E-state index contributed by atoms with van der Waals surface area (Å²) in [6, 6.07) is 1.86. The van der Waals surface area contributed by atoms with Crippen LogP contribution < -0.4 is 16.2 Å². The van der Waals surface area contributed by atoms with Crippen LogP contribution in [0, 0.1) is 0 Å². The van der Waals surface area contributed by atoms with Crippen LogP contribution in [0.1, 0.15) is 6.42 Å². The van der Waals surface area contributed by atoms with Gasteiger partial charge in [-0.3, -0.25) is 9.59 Å². The molecule has 19 heavy (non-hydrogen) atoms. The molecule has 7 heteroatoms. The molecule has 104 valence electrons. The first-order chi connectivity index (χ1) is 9.06. The number of aromatic nitrogens is 1. The number of hydrogen-bond acceptors (Lipinski definition) is 4. The van der Waals surface area contributed by atoms with Crippen molar-refractivity contribution in [1.29, 1.82) is 0 Å². The van der Waals surface area contributed by atoms with Gasteiger partial charge in [0.25, 0.3) is 5.56 Å². The lowest BCUT2D eigenvalue weighted by molar-refractivity contribution is -0.116. The molecule has 2 N–H and O–H groups in total. The fourth-order valence-corrected chi connectivity index (χ4v) is 3.40. The van der Waals surface area contributed by atoms with Crippen molar-refractivity contribution in [3.05, 3.63) is 27.1 Å². The van der Waals surface area contributed by atoms with Gasteiger partial charge in [0.1, 0.15) is 0 Å². The second kappa shape index (κ2) is 6.58. The average molecular weight is 346 g/mol. The van der Waals surface area contributed by atoms with E-state index in [0.717, 1.165) is 18.1 Å². The topological polar surface area (TPSA) is 63.1 Å². The molecule has 1 amide bonds. The Bertz CT molecular complexity index is 500. The van der Waals surface area contributed by atoms with Crippen LogP contribution in [-0.4, -0.2) is 34.6 Å². The van der Waals surface area contributed by atoms with Gasteiger partial charge in [-0.05, 0) is 22.0 Å². The number of nitrogens with zero attached hydrogens (tertiary/aromatic N) is 1. The molecule has 0 spiro atoms. The third kappa shape index (κ3) is 4.09. The zero-order valence-corrected chi connectivity index (χ0v) is 13.0. The first kappa shape index (κ1) is 14.6. The standard InChI is InChI=1S/C12H16BrN3O2S/c1-16-6-8(4-10(13)12(16)18)15-11(17)5-9-7-19-3-2-14-9/h4,6,9,14H,2-3,5,7H2,1H3,(H,15,17). The van der Waals surface area contributed by atoms with Crippen LogP contribution in [0.15, 0.2) is 21.5 Å². The highest BCUT2D eigenvalue weighted by Crippen LogP contribution is 2.14. The van der Waals surface area contributed by atoms with E-state index in [-0.39, 0.29) is 17.5 Å². The van der Waals surface area contributed by atoms with Gasteiger partial charge in [0.05, 0.1) is 10.2 Å². The van der Waals surface area contributed by atoms with E-state index in [2.05, 4.69) is 26.6 Å². The maximum absolute atomic E-state index is 11.9. The Balaban J connectivity index is 1.96. The number of carbonyl (C=O) groups is 1. The highest BCUT2D eigenvalue weighted by molar-refractivity contribution is 9.10. The summed E-state index contributed by atoms with van der Waals surface area (Å²) in [5.41, 5.74) is 0.505. The summed E-state index contributed by atoms with van der Waals surface area (Å²) in [4.78, 5) is 23.4. The Morgan fingerprint density at radius 1 is 1.68 bits per heavy atom. The number of anilines is 1. The molecule has 0 aromatic carbocycles. The molecule has 1 unspecified atom stereocenters. The van der Waals surface area contributed by atoms with Crippen molar-refractivity contribution in [3.63, 3.8) is 0 Å². The van der Waals surface area contributed by atoms with Crippen molar-refractivity contribution in [2.24, 2.45) is 7.05 Å². The van der Waals surface area contributed by atoms with E-state index in [1.165, 1.54) is 4.57 Å². The maximum atomic E-state index is 11.9. The first-order valence-electron chi connectivity index (χ1n) is 6.03. The van der Waals surface area contributed by atoms with Crippen LogP contribution in [0.5, 0.6) is 0 Å². The predicted octanol–water partition coefficient (Wildman–Crippen LogP) is 1.18. The van der Waals surface area contributed by atoms with Crippen molar-refractivity contribution < 1.29 is 4.79 Å². The Morgan fingerprint density at radius 3 is 3.11 bits per heavy atom. The van der Waals surface area contributed by atoms with Crippen molar-refractivity contribution >= 4 is 39.3 Å². The average Bonchev–Trinajstić information content (AvgIpc) is 2.37. The van der Waals surface area contributed by atoms with Crippen LogP contribution in [0.2, 0.25) is 0 Å². The zero-order valence-electron chi connectivity index (χ0n) is 10.6. The van der Waals surface area contributed by atoms with Gasteiger partial charge >= 0.3 is 0 Å². The second-order valence-electron chi connectivity index (χ2n) is 4.47. The molecule has 1 aliphatic heterocycles. The fourth-order valence-electron chi connectivity index (χ4n) is 1.93. The van der Waals surface area contributed by atoms with Gasteiger partial charge in [0, 0.05) is 43.8 Å². The lowest BCUT2D eigenvalue weighted by Gasteiger charge is -2.22. The molecular weight excluding hydrogens is 330 g/mol. The number of amides is 1. The van der Waals surface area contributed by atoms with Crippen molar-refractivity contribution in [2.75, 3.05) is 23.4 Å². The number of rotatable bonds is 3. The number of thioether (sulfide) groups is 1. The molecule has 1 fully saturated rings. The minimum absolute atomic E-state index is 0.0365. The van der Waals surface area contributed by atoms with E-state index < -0.39 is 0 Å². The first-order valence-corrected chi connectivity index (χ1v) is 7.98. The molecule has 1 atom stereocenters. The van der Waals surface area contributed by atoms with Gasteiger partial charge in [-0.25, -0.2) is 0 Å². The normalized spacial score (nSPS) is 19.2. The molecule has 2 rings (SSSR count). The number of halogens is 1. The summed E-state index contributed by atoms with van der Waals surface area (Å²) in [6.07, 6.45) is 2.07. The van der Waals surface area contributed by atoms with E-state index in [1.54, 1.807) is 19.3 Å². The predicted molar refractivity (Wildman–Crippen MR) is 81.7 cm³/mol. The fraction of sp³-hybridized carbons (Fsp3) is 0.500. The number of aryl methyl sites for hydroxylation is 1. The Morgan fingerprint density at radius 2 is 2.47 bits per heavy atom. The molecule has 0 saturated carbocycles. The highest BCUT2D eigenvalue weighted by atomic mass is 79.9. The molecule has 0 radical (unpaired) electrons. The molecular formula is C12H16BrN3O2S. The van der Waals surface area contributed by atoms with Gasteiger partial charge in [0.2, 0.25) is 5.91 Å². The smallest absolute Gasteiger partial charge is 0.264 e. The van der Waals surface area contributed by atoms with Crippen molar-refractivity contribution in [3.8, 4) is 0 Å². The monoisotopic (exact) mass is 345 g/mol. The maximum Gasteiger partial charge on any atom is 0.264 e. The molecule has 1 aliphatic rings. The largest absolute Gasteiger partial charge is 0.325 e. The van der Waals surface area contributed by atoms with Crippen molar-refractivity contribution in [2.45, 2.75) is 12.5 Å². The van der Waals surface area contributed by atoms with Crippen LogP contribution in [0.25, 0.3) is 0 Å². The van der Waals surface area contributed by atoms with E-state index in [9.17, 15) is 9.59 Å². The minimum Gasteiger partial charge on any atom is -0.325 e. The van der Waals surface area contributed by atoms with Crippen LogP contribution in [0.3, 0.4) is 0 Å². The summed E-state index contributed by atoms with van der Waals surface area (Å²) >= 11 is 5.05. The van der Waals surface area contributed by atoms with E-state index >= 15 is 0 Å². The molecule has 1 aromatic rings. The van der Waals surface area contributed by atoms with Crippen LogP contribution in [-0.2, 0) is 11.8 Å². The molecule has 2 heterocycles. The van der Waals surface area contributed by atoms with Gasteiger partial charge < -0.3 is 15.2 Å². The Hall–Kier alpha value is -0.790. The summed E-state index contributed by atoms with van der Waals surface area (Å²) in [5.74, 6) is 2.03. The minimum atomic E-state index is -0.122. The Labute approximate surface area is 124 Å². The lowest BCUT2D eigenvalue weighted by Crippen LogP contribution is -2.40. The molecule has 1 aromatic heterocycles. The second-order valence-corrected chi connectivity index (χ2v) is 6.48. The van der Waals surface area contributed by atoms with E-state index in [4.69, 9.17) is 0 Å². The number of carbonyl (C=O) groups excluding carboxylic acids is 1. The summed E-state index contributed by atoms with van der Waals surface area (Å²) < 4.78 is 1.88.